The first-order valence-electron chi connectivity index (χ1n) is 10.5. The predicted octanol–water partition coefficient (Wildman–Crippen LogP) is 1.86. The normalized spacial score (nSPS) is 29.0. The van der Waals surface area contributed by atoms with Crippen LogP contribution >= 0.6 is 0 Å². The molecular formula is C22H33N2O3+. The molecule has 1 amide bonds. The van der Waals surface area contributed by atoms with Gasteiger partial charge in [-0.1, -0.05) is 11.8 Å². The highest BCUT2D eigenvalue weighted by atomic mass is 16.3. The van der Waals surface area contributed by atoms with E-state index in [1.807, 2.05) is 9.48 Å². The summed E-state index contributed by atoms with van der Waals surface area (Å²) in [6.07, 6.45) is 6.50. The molecule has 0 aromatic carbocycles. The number of ketones is 1. The maximum atomic E-state index is 12.8. The average molecular weight is 374 g/mol. The van der Waals surface area contributed by atoms with E-state index < -0.39 is 5.60 Å². The van der Waals surface area contributed by atoms with Crippen molar-refractivity contribution < 1.29 is 19.3 Å². The molecule has 5 nitrogen and oxygen atoms in total. The van der Waals surface area contributed by atoms with E-state index in [1.165, 1.54) is 0 Å². The van der Waals surface area contributed by atoms with E-state index >= 15 is 0 Å². The summed E-state index contributed by atoms with van der Waals surface area (Å²) in [7, 11) is 0. The molecule has 0 spiro atoms. The van der Waals surface area contributed by atoms with Crippen LogP contribution < -0.4 is 0 Å². The van der Waals surface area contributed by atoms with Gasteiger partial charge in [-0.3, -0.25) is 9.59 Å². The molecule has 0 atom stereocenters. The molecule has 3 rings (SSSR count). The molecule has 1 N–H and O–H groups in total. The van der Waals surface area contributed by atoms with Crippen LogP contribution in [0.5, 0.6) is 0 Å². The third-order valence-corrected chi connectivity index (χ3v) is 6.65. The first-order valence-corrected chi connectivity index (χ1v) is 10.5. The molecule has 0 aromatic heterocycles. The maximum Gasteiger partial charge on any atom is 0.225 e. The van der Waals surface area contributed by atoms with Crippen molar-refractivity contribution in [1.82, 2.24) is 4.90 Å². The minimum atomic E-state index is -0.865. The molecule has 0 unspecified atom stereocenters. The Morgan fingerprint density at radius 1 is 1.04 bits per heavy atom. The Hall–Kier alpha value is -1.67. The lowest BCUT2D eigenvalue weighted by Crippen LogP contribution is -2.43. The van der Waals surface area contributed by atoms with Crippen LogP contribution in [0.3, 0.4) is 0 Å². The van der Waals surface area contributed by atoms with Gasteiger partial charge >= 0.3 is 0 Å². The summed E-state index contributed by atoms with van der Waals surface area (Å²) in [5, 5.41) is 10.6. The molecule has 3 aliphatic rings. The third-order valence-electron chi connectivity index (χ3n) is 6.65. The number of carbonyl (C=O) groups excluding carboxylic acids is 2. The Bertz CT molecular complexity index is 634. The number of likely N-dealkylation sites (tertiary alicyclic amines) is 1. The van der Waals surface area contributed by atoms with Crippen molar-refractivity contribution in [2.24, 2.45) is 17.8 Å². The summed E-state index contributed by atoms with van der Waals surface area (Å²) >= 11 is 0. The largest absolute Gasteiger partial charge is 0.377 e. The smallest absolute Gasteiger partial charge is 0.225 e. The summed E-state index contributed by atoms with van der Waals surface area (Å²) in [5.74, 6) is 7.48. The van der Waals surface area contributed by atoms with Crippen LogP contribution in [-0.4, -0.2) is 64.8 Å². The van der Waals surface area contributed by atoms with Gasteiger partial charge in [-0.05, 0) is 45.4 Å². The molecule has 3 fully saturated rings. The minimum absolute atomic E-state index is 0.0942. The van der Waals surface area contributed by atoms with Crippen LogP contribution in [0, 0.1) is 29.6 Å². The summed E-state index contributed by atoms with van der Waals surface area (Å²) in [5.41, 5.74) is -0.865. The molecule has 2 saturated heterocycles. The number of hydrogen-bond donors (Lipinski definition) is 1. The fourth-order valence-electron chi connectivity index (χ4n) is 4.53. The molecule has 2 heterocycles. The van der Waals surface area contributed by atoms with Crippen LogP contribution in [-0.2, 0) is 9.59 Å². The van der Waals surface area contributed by atoms with Crippen molar-refractivity contribution in [3.8, 4) is 11.8 Å². The Morgan fingerprint density at radius 2 is 1.59 bits per heavy atom. The second-order valence-corrected chi connectivity index (χ2v) is 8.68. The zero-order valence-corrected chi connectivity index (χ0v) is 16.6. The minimum Gasteiger partial charge on any atom is -0.377 e. The van der Waals surface area contributed by atoms with Gasteiger partial charge in [0.1, 0.15) is 31.2 Å². The first kappa shape index (κ1) is 20.1. The Labute approximate surface area is 162 Å². The summed E-state index contributed by atoms with van der Waals surface area (Å²) in [6, 6.07) is 0. The monoisotopic (exact) mass is 373 g/mol. The van der Waals surface area contributed by atoms with Crippen LogP contribution in [0.2, 0.25) is 0 Å². The molecule has 1 saturated carbocycles. The van der Waals surface area contributed by atoms with E-state index in [4.69, 9.17) is 0 Å². The van der Waals surface area contributed by atoms with Crippen molar-refractivity contribution in [1.29, 1.82) is 0 Å². The quantitative estimate of drug-likeness (QED) is 0.594. The van der Waals surface area contributed by atoms with Gasteiger partial charge in [0.05, 0.1) is 0 Å². The lowest BCUT2D eigenvalue weighted by atomic mass is 9.79. The van der Waals surface area contributed by atoms with Crippen molar-refractivity contribution >= 4 is 18.4 Å². The molecule has 0 bridgehead atoms. The second-order valence-electron chi connectivity index (χ2n) is 8.68. The van der Waals surface area contributed by atoms with Gasteiger partial charge in [-0.15, -0.1) is 0 Å². The van der Waals surface area contributed by atoms with Gasteiger partial charge in [-0.2, -0.15) is 0 Å². The van der Waals surface area contributed by atoms with Gasteiger partial charge in [-0.25, -0.2) is 4.58 Å². The fraction of sp³-hybridized carbons (Fsp3) is 0.773. The molecule has 27 heavy (non-hydrogen) atoms. The van der Waals surface area contributed by atoms with Crippen LogP contribution in [0.15, 0.2) is 0 Å². The van der Waals surface area contributed by atoms with E-state index in [2.05, 4.69) is 18.6 Å². The number of nitrogens with zero attached hydrogens (tertiary/aromatic N) is 2. The molecule has 148 valence electrons. The lowest BCUT2D eigenvalue weighted by molar-refractivity contribution is -0.536. The van der Waals surface area contributed by atoms with Crippen molar-refractivity contribution in [2.45, 2.75) is 63.9 Å². The van der Waals surface area contributed by atoms with E-state index in [-0.39, 0.29) is 29.4 Å². The van der Waals surface area contributed by atoms with E-state index in [0.717, 1.165) is 64.7 Å². The number of piperidine rings is 2. The Morgan fingerprint density at radius 3 is 2.15 bits per heavy atom. The summed E-state index contributed by atoms with van der Waals surface area (Å²) < 4.78 is 1.98. The fourth-order valence-corrected chi connectivity index (χ4v) is 4.53. The summed E-state index contributed by atoms with van der Waals surface area (Å²) in [4.78, 5) is 26.3. The zero-order valence-electron chi connectivity index (χ0n) is 16.6. The van der Waals surface area contributed by atoms with Crippen LogP contribution in [0.1, 0.15) is 58.3 Å². The Kier molecular flexibility index (Phi) is 6.37. The molecule has 0 aromatic rings. The van der Waals surface area contributed by atoms with E-state index in [9.17, 15) is 14.7 Å². The van der Waals surface area contributed by atoms with Crippen LogP contribution in [0.4, 0.5) is 0 Å². The van der Waals surface area contributed by atoms with Crippen molar-refractivity contribution in [3.05, 3.63) is 0 Å². The standard InChI is InChI=1S/C22H33N2O3/c1-17(25)19-3-5-20(6-4-19)21(26)24-13-8-18(9-14-24)7-10-22(27)11-15-23(2)16-12-22/h18-20,27H,2-6,8-9,11-16H2,1H3/q+1. The molecule has 1 aliphatic carbocycles. The van der Waals surface area contributed by atoms with Crippen molar-refractivity contribution in [3.63, 3.8) is 0 Å². The zero-order chi connectivity index (χ0) is 19.4. The van der Waals surface area contributed by atoms with E-state index in [0.29, 0.717) is 12.8 Å². The number of rotatable bonds is 2. The highest BCUT2D eigenvalue weighted by Crippen LogP contribution is 2.31. The van der Waals surface area contributed by atoms with Gasteiger partial charge in [0.15, 0.2) is 0 Å². The molecular weight excluding hydrogens is 340 g/mol. The third kappa shape index (κ3) is 5.19. The SMILES string of the molecule is C=[N+]1CCC(O)(C#CC2CCN(C(=O)C3CCC(C(C)=O)CC3)CC2)CC1. The van der Waals surface area contributed by atoms with Gasteiger partial charge < -0.3 is 10.0 Å². The highest BCUT2D eigenvalue weighted by molar-refractivity contribution is 5.81. The molecule has 2 aliphatic heterocycles. The number of hydrogen-bond acceptors (Lipinski definition) is 3. The first-order chi connectivity index (χ1) is 12.9. The lowest BCUT2D eigenvalue weighted by Gasteiger charge is -2.35. The highest BCUT2D eigenvalue weighted by Gasteiger charge is 2.34. The molecule has 5 heteroatoms. The maximum absolute atomic E-state index is 12.8. The topological polar surface area (TPSA) is 60.6 Å². The summed E-state index contributed by atoms with van der Waals surface area (Å²) in [6.45, 7) is 8.66. The van der Waals surface area contributed by atoms with Crippen molar-refractivity contribution in [2.75, 3.05) is 26.2 Å². The number of amides is 1. The number of Topliss-reactive ketones (excluding diaryl/α,β-unsaturated/α-hetero) is 1. The number of aliphatic hydroxyl groups is 1. The van der Waals surface area contributed by atoms with Gasteiger partial charge in [0.2, 0.25) is 5.91 Å². The van der Waals surface area contributed by atoms with Gasteiger partial charge in [0.25, 0.3) is 0 Å². The van der Waals surface area contributed by atoms with Gasteiger partial charge in [0, 0.05) is 43.7 Å². The molecule has 0 radical (unpaired) electrons. The van der Waals surface area contributed by atoms with Crippen LogP contribution in [0.25, 0.3) is 0 Å². The second kappa shape index (κ2) is 8.56. The number of carbonyl (C=O) groups is 2. The predicted molar refractivity (Wildman–Crippen MR) is 105 cm³/mol. The average Bonchev–Trinajstić information content (AvgIpc) is 2.69. The van der Waals surface area contributed by atoms with E-state index in [1.54, 1.807) is 6.92 Å². The Balaban J connectivity index is 1.45.